The lowest BCUT2D eigenvalue weighted by Gasteiger charge is -2.34. The third-order valence-electron chi connectivity index (χ3n) is 3.34. The van der Waals surface area contributed by atoms with Crippen LogP contribution in [0.3, 0.4) is 0 Å². The maximum Gasteiger partial charge on any atom is 0.305 e. The molecule has 0 unspecified atom stereocenters. The molecule has 2 rings (SSSR count). The smallest absolute Gasteiger partial charge is 0.305 e. The highest BCUT2D eigenvalue weighted by Crippen LogP contribution is 2.19. The average Bonchev–Trinajstić information content (AvgIpc) is 2.60. The number of ether oxygens (including phenoxy) is 1. The van der Waals surface area contributed by atoms with Gasteiger partial charge in [0.1, 0.15) is 11.5 Å². The number of carboxylic acids is 1. The van der Waals surface area contributed by atoms with Crippen LogP contribution in [-0.2, 0) is 16.1 Å². The summed E-state index contributed by atoms with van der Waals surface area (Å²) in [6, 6.07) is 1.95. The Morgan fingerprint density at radius 2 is 2.33 bits per heavy atom. The van der Waals surface area contributed by atoms with Gasteiger partial charge in [0.15, 0.2) is 0 Å². The lowest BCUT2D eigenvalue weighted by molar-refractivity contribution is -0.140. The fourth-order valence-electron chi connectivity index (χ4n) is 2.21. The van der Waals surface area contributed by atoms with Crippen LogP contribution in [0.5, 0.6) is 0 Å². The molecule has 2 heterocycles. The highest BCUT2D eigenvalue weighted by atomic mass is 16.5. The second kappa shape index (κ2) is 5.54. The molecule has 0 aromatic carbocycles. The van der Waals surface area contributed by atoms with Crippen molar-refractivity contribution in [2.24, 2.45) is 0 Å². The second-order valence-corrected chi connectivity index (χ2v) is 4.75. The number of aliphatic carboxylic acids is 1. The normalized spacial score (nSPS) is 21.1. The second-order valence-electron chi connectivity index (χ2n) is 4.75. The van der Waals surface area contributed by atoms with Crippen LogP contribution in [0.1, 0.15) is 23.5 Å². The molecular formula is C13H19NO4. The molecule has 1 atom stereocenters. The van der Waals surface area contributed by atoms with E-state index in [1.165, 1.54) is 0 Å². The molecule has 1 N–H and O–H groups in total. The summed E-state index contributed by atoms with van der Waals surface area (Å²) < 4.78 is 11.0. The third kappa shape index (κ3) is 3.11. The van der Waals surface area contributed by atoms with E-state index < -0.39 is 5.97 Å². The molecule has 100 valence electrons. The first kappa shape index (κ1) is 13.1. The number of aryl methyl sites for hydroxylation is 2. The quantitative estimate of drug-likeness (QED) is 0.882. The Kier molecular flexibility index (Phi) is 4.04. The van der Waals surface area contributed by atoms with Crippen LogP contribution in [-0.4, -0.2) is 41.8 Å². The summed E-state index contributed by atoms with van der Waals surface area (Å²) in [7, 11) is 0. The van der Waals surface area contributed by atoms with Crippen molar-refractivity contribution in [1.82, 2.24) is 4.90 Å². The lowest BCUT2D eigenvalue weighted by atomic mass is 10.1. The summed E-state index contributed by atoms with van der Waals surface area (Å²) >= 11 is 0. The van der Waals surface area contributed by atoms with Gasteiger partial charge in [-0.1, -0.05) is 0 Å². The van der Waals surface area contributed by atoms with Crippen LogP contribution >= 0.6 is 0 Å². The number of hydrogen-bond donors (Lipinski definition) is 1. The van der Waals surface area contributed by atoms with E-state index in [4.69, 9.17) is 14.3 Å². The zero-order valence-corrected chi connectivity index (χ0v) is 10.8. The third-order valence-corrected chi connectivity index (χ3v) is 3.34. The molecule has 0 amide bonds. The average molecular weight is 253 g/mol. The van der Waals surface area contributed by atoms with Gasteiger partial charge >= 0.3 is 5.97 Å². The number of nitrogens with zero attached hydrogens (tertiary/aromatic N) is 1. The first-order valence-electron chi connectivity index (χ1n) is 6.15. The van der Waals surface area contributed by atoms with Crippen LogP contribution in [0.4, 0.5) is 0 Å². The Hall–Kier alpha value is -1.33. The van der Waals surface area contributed by atoms with Crippen LogP contribution < -0.4 is 0 Å². The van der Waals surface area contributed by atoms with Crippen molar-refractivity contribution >= 4 is 5.97 Å². The minimum absolute atomic E-state index is 0.0676. The van der Waals surface area contributed by atoms with Crippen molar-refractivity contribution in [2.75, 3.05) is 19.8 Å². The van der Waals surface area contributed by atoms with Gasteiger partial charge in [0, 0.05) is 12.6 Å². The van der Waals surface area contributed by atoms with E-state index in [-0.39, 0.29) is 12.5 Å². The van der Waals surface area contributed by atoms with Gasteiger partial charge in [-0.3, -0.25) is 9.69 Å². The summed E-state index contributed by atoms with van der Waals surface area (Å²) in [5, 5.41) is 8.89. The molecule has 0 bridgehead atoms. The summed E-state index contributed by atoms with van der Waals surface area (Å²) in [5.74, 6) is 1.03. The van der Waals surface area contributed by atoms with Gasteiger partial charge in [-0.2, -0.15) is 0 Å². The molecule has 1 aromatic rings. The van der Waals surface area contributed by atoms with Crippen molar-refractivity contribution in [3.8, 4) is 0 Å². The Labute approximate surface area is 106 Å². The Bertz CT molecular complexity index is 407. The molecule has 1 aliphatic rings. The monoisotopic (exact) mass is 253 g/mol. The first-order valence-corrected chi connectivity index (χ1v) is 6.15. The highest BCUT2D eigenvalue weighted by Gasteiger charge is 2.26. The fourth-order valence-corrected chi connectivity index (χ4v) is 2.21. The number of carboxylic acid groups (broad SMARTS) is 1. The Morgan fingerprint density at radius 1 is 1.56 bits per heavy atom. The topological polar surface area (TPSA) is 62.9 Å². The van der Waals surface area contributed by atoms with Crippen molar-refractivity contribution in [3.63, 3.8) is 0 Å². The van der Waals surface area contributed by atoms with Crippen molar-refractivity contribution < 1.29 is 19.1 Å². The number of furan rings is 1. The minimum Gasteiger partial charge on any atom is -0.481 e. The van der Waals surface area contributed by atoms with E-state index in [1.54, 1.807) is 0 Å². The summed E-state index contributed by atoms with van der Waals surface area (Å²) in [5.41, 5.74) is 1.13. The van der Waals surface area contributed by atoms with E-state index in [0.717, 1.165) is 23.6 Å². The summed E-state index contributed by atoms with van der Waals surface area (Å²) in [6.45, 7) is 6.47. The fraction of sp³-hybridized carbons (Fsp3) is 0.615. The molecule has 0 spiro atoms. The highest BCUT2D eigenvalue weighted by molar-refractivity contribution is 5.67. The predicted octanol–water partition coefficient (Wildman–Crippen LogP) is 1.57. The van der Waals surface area contributed by atoms with E-state index in [1.807, 2.05) is 19.9 Å². The van der Waals surface area contributed by atoms with Gasteiger partial charge in [-0.25, -0.2) is 0 Å². The summed E-state index contributed by atoms with van der Waals surface area (Å²) in [6.07, 6.45) is 0.110. The van der Waals surface area contributed by atoms with Gasteiger partial charge in [0.25, 0.3) is 0 Å². The summed E-state index contributed by atoms with van der Waals surface area (Å²) in [4.78, 5) is 12.9. The largest absolute Gasteiger partial charge is 0.481 e. The molecule has 18 heavy (non-hydrogen) atoms. The van der Waals surface area contributed by atoms with Crippen molar-refractivity contribution in [1.29, 1.82) is 0 Å². The molecule has 1 saturated heterocycles. The first-order chi connectivity index (χ1) is 8.56. The SMILES string of the molecule is Cc1cc(CN2CCOC[C@H]2CC(=O)O)oc1C. The Morgan fingerprint density at radius 3 is 2.94 bits per heavy atom. The van der Waals surface area contributed by atoms with Gasteiger partial charge < -0.3 is 14.3 Å². The van der Waals surface area contributed by atoms with E-state index in [2.05, 4.69) is 4.90 Å². The molecule has 0 radical (unpaired) electrons. The number of hydrogen-bond acceptors (Lipinski definition) is 4. The van der Waals surface area contributed by atoms with Crippen molar-refractivity contribution in [3.05, 3.63) is 23.2 Å². The molecular weight excluding hydrogens is 234 g/mol. The lowest BCUT2D eigenvalue weighted by Crippen LogP contribution is -2.45. The molecule has 0 aliphatic carbocycles. The van der Waals surface area contributed by atoms with Crippen LogP contribution in [0.15, 0.2) is 10.5 Å². The zero-order chi connectivity index (χ0) is 13.1. The van der Waals surface area contributed by atoms with Gasteiger partial charge in [-0.15, -0.1) is 0 Å². The van der Waals surface area contributed by atoms with Gasteiger partial charge in [0.2, 0.25) is 0 Å². The van der Waals surface area contributed by atoms with Crippen LogP contribution in [0.2, 0.25) is 0 Å². The maximum absolute atomic E-state index is 10.8. The number of rotatable bonds is 4. The van der Waals surface area contributed by atoms with Gasteiger partial charge in [-0.05, 0) is 25.5 Å². The standard InChI is InChI=1S/C13H19NO4/c1-9-5-12(18-10(9)2)7-14-3-4-17-8-11(14)6-13(15)16/h5,11H,3-4,6-8H2,1-2H3,(H,15,16)/t11-/m1/s1. The van der Waals surface area contributed by atoms with E-state index in [9.17, 15) is 4.79 Å². The molecule has 1 aliphatic heterocycles. The Balaban J connectivity index is 2.02. The minimum atomic E-state index is -0.790. The molecule has 5 heteroatoms. The molecule has 0 saturated carbocycles. The molecule has 5 nitrogen and oxygen atoms in total. The molecule has 1 aromatic heterocycles. The maximum atomic E-state index is 10.8. The predicted molar refractivity (Wildman–Crippen MR) is 65.5 cm³/mol. The van der Waals surface area contributed by atoms with E-state index in [0.29, 0.717) is 19.8 Å². The zero-order valence-electron chi connectivity index (χ0n) is 10.8. The van der Waals surface area contributed by atoms with Crippen LogP contribution in [0.25, 0.3) is 0 Å². The van der Waals surface area contributed by atoms with Crippen LogP contribution in [0, 0.1) is 13.8 Å². The molecule has 1 fully saturated rings. The number of morpholine rings is 1. The number of carbonyl (C=O) groups is 1. The van der Waals surface area contributed by atoms with E-state index >= 15 is 0 Å². The van der Waals surface area contributed by atoms with Crippen molar-refractivity contribution in [2.45, 2.75) is 32.9 Å². The van der Waals surface area contributed by atoms with Gasteiger partial charge in [0.05, 0.1) is 26.2 Å².